The molecule has 5 rings (SSSR count). The van der Waals surface area contributed by atoms with Crippen molar-refractivity contribution in [1.29, 1.82) is 0 Å². The summed E-state index contributed by atoms with van der Waals surface area (Å²) in [6.45, 7) is 16.6. The summed E-state index contributed by atoms with van der Waals surface area (Å²) in [4.78, 5) is 180. The van der Waals surface area contributed by atoms with E-state index < -0.39 is 175 Å². The number of imide groups is 2. The van der Waals surface area contributed by atoms with Gasteiger partial charge >= 0.3 is 12.1 Å². The molecule has 556 valence electrons. The molecule has 0 spiro atoms. The van der Waals surface area contributed by atoms with Gasteiger partial charge in [-0.3, -0.25) is 67.4 Å². The summed E-state index contributed by atoms with van der Waals surface area (Å²) in [6, 6.07) is 9.49. The lowest BCUT2D eigenvalue weighted by molar-refractivity contribution is -0.148. The van der Waals surface area contributed by atoms with Gasteiger partial charge in [0.15, 0.2) is 5.78 Å². The third-order valence-electron chi connectivity index (χ3n) is 18.9. The monoisotopic (exact) mass is 1410 g/mol. The SMILES string of the molecule is CC[C@H](C)[C@@H]([C@@H](CC(=O)N1CCC[C@H]1[C@H](OC)[C@@H](C)C(=O)N[C@H](C)[C@@H](O)c1ccccc1)OC)N(C)C(=O)[C@@H](NC(=O)[C@H](C(C)C)N(C)C(=O)OCc1ccc(NC(=O)[C@H](CCCNC(N)=O)CC(=O)[C@@H](NC(=O)COC(CN2C(=O)C=CC2=O)CN2C(=O)C=CC2=O)C(C)C)cc1)C(C)C. The van der Waals surface area contributed by atoms with Crippen LogP contribution in [0.3, 0.4) is 0 Å². The van der Waals surface area contributed by atoms with Crippen molar-refractivity contribution in [1.82, 2.24) is 45.8 Å². The number of carbonyl (C=O) groups excluding carboxylic acids is 13. The number of nitrogens with one attached hydrogen (secondary N) is 5. The minimum absolute atomic E-state index is 0.0853. The average Bonchev–Trinajstić information content (AvgIpc) is 1.79. The molecular weight excluding hydrogens is 1310 g/mol. The predicted molar refractivity (Wildman–Crippen MR) is 372 cm³/mol. The first-order chi connectivity index (χ1) is 47.7. The van der Waals surface area contributed by atoms with Gasteiger partial charge in [0.05, 0.1) is 74.0 Å². The van der Waals surface area contributed by atoms with Gasteiger partial charge in [-0.05, 0) is 79.5 Å². The number of rotatable bonds is 40. The van der Waals surface area contributed by atoms with Gasteiger partial charge in [0.1, 0.15) is 25.3 Å². The Balaban J connectivity index is 1.19. The van der Waals surface area contributed by atoms with E-state index in [1.165, 1.54) is 26.2 Å². The first kappa shape index (κ1) is 82.7. The van der Waals surface area contributed by atoms with Gasteiger partial charge in [-0.1, -0.05) is 111 Å². The maximum absolute atomic E-state index is 14.8. The van der Waals surface area contributed by atoms with E-state index in [1.54, 1.807) is 104 Å². The van der Waals surface area contributed by atoms with Crippen molar-refractivity contribution >= 4 is 82.7 Å². The molecule has 2 aromatic rings. The minimum Gasteiger partial charge on any atom is -0.445 e. The maximum atomic E-state index is 14.8. The highest BCUT2D eigenvalue weighted by Crippen LogP contribution is 2.31. The number of nitrogens with zero attached hydrogens (tertiary/aromatic N) is 5. The van der Waals surface area contributed by atoms with Crippen LogP contribution in [0, 0.1) is 35.5 Å². The third-order valence-corrected chi connectivity index (χ3v) is 18.9. The highest BCUT2D eigenvalue weighted by atomic mass is 16.6. The van der Waals surface area contributed by atoms with Gasteiger partial charge in [-0.15, -0.1) is 0 Å². The summed E-state index contributed by atoms with van der Waals surface area (Å²) in [5.74, 6) is -9.43. The van der Waals surface area contributed by atoms with Crippen LogP contribution in [0.4, 0.5) is 15.3 Å². The van der Waals surface area contributed by atoms with Crippen molar-refractivity contribution < 1.29 is 86.4 Å². The van der Waals surface area contributed by atoms with Gasteiger partial charge in [0.2, 0.25) is 35.4 Å². The molecule has 1 fully saturated rings. The van der Waals surface area contributed by atoms with Gasteiger partial charge in [-0.2, -0.15) is 0 Å². The lowest BCUT2D eigenvalue weighted by Crippen LogP contribution is -2.60. The number of methoxy groups -OCH3 is 2. The normalized spacial score (nSPS) is 17.8. The molecule has 1 saturated heterocycles. The Kier molecular flexibility index (Phi) is 32.2. The second kappa shape index (κ2) is 39.3. The zero-order chi connectivity index (χ0) is 75.1. The summed E-state index contributed by atoms with van der Waals surface area (Å²) in [5, 5.41) is 24.7. The number of amides is 13. The molecule has 0 radical (unpaired) electrons. The number of nitrogens with two attached hydrogens (primary N) is 1. The fourth-order valence-electron chi connectivity index (χ4n) is 12.9. The Morgan fingerprint density at radius 2 is 1.28 bits per heavy atom. The first-order valence-electron chi connectivity index (χ1n) is 34.5. The predicted octanol–water partition coefficient (Wildman–Crippen LogP) is 3.92. The molecule has 29 nitrogen and oxygen atoms in total. The van der Waals surface area contributed by atoms with Gasteiger partial charge in [0, 0.05) is 83.7 Å². The number of hydrogen-bond acceptors (Lipinski definition) is 18. The van der Waals surface area contributed by atoms with Gasteiger partial charge in [-0.25, -0.2) is 9.59 Å². The fraction of sp³-hybridized carbons (Fsp3) is 0.597. The van der Waals surface area contributed by atoms with Crippen molar-refractivity contribution in [2.45, 2.75) is 181 Å². The quantitative estimate of drug-likeness (QED) is 0.0367. The minimum atomic E-state index is -1.18. The molecule has 0 aliphatic carbocycles. The van der Waals surface area contributed by atoms with Crippen LogP contribution in [-0.2, 0) is 78.3 Å². The van der Waals surface area contributed by atoms with Crippen molar-refractivity contribution in [2.24, 2.45) is 41.2 Å². The first-order valence-corrected chi connectivity index (χ1v) is 34.5. The van der Waals surface area contributed by atoms with Crippen molar-refractivity contribution in [2.75, 3.05) is 66.4 Å². The Labute approximate surface area is 591 Å². The standard InChI is InChI=1S/C72H105N11O18/c1-15-44(8)64(54(98-13)36-60(90)81-34-20-24-52(81)66(99-14)45(9)67(92)75-46(10)65(91)48-21-17-16-18-22-48)79(11)70(95)62(42(4)5)78-69(94)63(43(6)7)80(12)72(97)101-39-47-25-27-50(28-26-47)76-68(93)49(23-19-33-74-71(73)96)35-53(84)61(41(2)3)77-55(85)40-100-51(37-82-56(86)29-30-57(82)87)38-83-58(88)31-32-59(83)89/h16-18,21-22,25-32,41-46,49,51-52,54,61-66,91H,15,19-20,23-24,33-40H2,1-14H3,(H,75,92)(H,76,93)(H,77,85)(H,78,94)(H3,73,74,96)/t44-,45+,46+,49+,52-,54+,61-,62-,63-,64-,65+,66+/m0/s1. The second-order valence-electron chi connectivity index (χ2n) is 27.3. The van der Waals surface area contributed by atoms with Crippen LogP contribution in [0.15, 0.2) is 78.9 Å². The number of urea groups is 1. The van der Waals surface area contributed by atoms with E-state index in [0.717, 1.165) is 39.0 Å². The van der Waals surface area contributed by atoms with Crippen LogP contribution in [0.2, 0.25) is 0 Å². The zero-order valence-electron chi connectivity index (χ0n) is 60.6. The molecule has 0 bridgehead atoms. The number of anilines is 1. The van der Waals surface area contributed by atoms with E-state index in [2.05, 4.69) is 26.6 Å². The smallest absolute Gasteiger partial charge is 0.410 e. The Morgan fingerprint density at radius 1 is 0.693 bits per heavy atom. The van der Waals surface area contributed by atoms with Gasteiger partial charge < -0.3 is 66.2 Å². The Bertz CT molecular complexity index is 3210. The lowest BCUT2D eigenvalue weighted by Gasteiger charge is -2.41. The van der Waals surface area contributed by atoms with E-state index in [0.29, 0.717) is 42.6 Å². The summed E-state index contributed by atoms with van der Waals surface area (Å²) >= 11 is 0. The van der Waals surface area contributed by atoms with E-state index >= 15 is 0 Å². The summed E-state index contributed by atoms with van der Waals surface area (Å²) in [5.41, 5.74) is 6.73. The van der Waals surface area contributed by atoms with Crippen LogP contribution in [0.1, 0.15) is 131 Å². The van der Waals surface area contributed by atoms with Crippen molar-refractivity contribution in [3.05, 3.63) is 90.0 Å². The number of aliphatic hydroxyl groups is 1. The summed E-state index contributed by atoms with van der Waals surface area (Å²) < 4.78 is 23.5. The molecule has 8 N–H and O–H groups in total. The molecular formula is C72H105N11O18. The number of likely N-dealkylation sites (tertiary alicyclic amines) is 1. The number of carbonyl (C=O) groups is 13. The average molecular weight is 1410 g/mol. The third kappa shape index (κ3) is 23.3. The molecule has 2 aromatic carbocycles. The van der Waals surface area contributed by atoms with E-state index in [-0.39, 0.29) is 56.6 Å². The number of Topliss-reactive ketones (excluding diaryl/α,β-unsaturated/α-hetero) is 1. The lowest BCUT2D eigenvalue weighted by atomic mass is 9.89. The molecule has 3 aliphatic heterocycles. The molecule has 29 heteroatoms. The van der Waals surface area contributed by atoms with Crippen LogP contribution < -0.4 is 32.3 Å². The fourth-order valence-corrected chi connectivity index (χ4v) is 12.9. The molecule has 12 atom stereocenters. The Morgan fingerprint density at radius 3 is 1.80 bits per heavy atom. The molecule has 0 unspecified atom stereocenters. The number of primary amides is 1. The van der Waals surface area contributed by atoms with Crippen LogP contribution >= 0.6 is 0 Å². The van der Waals surface area contributed by atoms with E-state index in [1.807, 2.05) is 32.0 Å². The molecule has 13 amide bonds. The van der Waals surface area contributed by atoms with Crippen molar-refractivity contribution in [3.63, 3.8) is 0 Å². The summed E-state index contributed by atoms with van der Waals surface area (Å²) in [6.07, 6.45) is 1.44. The highest BCUT2D eigenvalue weighted by molar-refractivity contribution is 6.14. The number of ketones is 1. The molecule has 0 aromatic heterocycles. The van der Waals surface area contributed by atoms with Crippen LogP contribution in [0.25, 0.3) is 0 Å². The topological polar surface area (TPSA) is 381 Å². The van der Waals surface area contributed by atoms with Gasteiger partial charge in [0.25, 0.3) is 23.6 Å². The number of aliphatic hydroxyl groups excluding tert-OH is 1. The number of likely N-dealkylation sites (N-methyl/N-ethyl adjacent to an activating group) is 2. The van der Waals surface area contributed by atoms with E-state index in [9.17, 15) is 67.4 Å². The number of ether oxygens (including phenoxy) is 4. The second-order valence-corrected chi connectivity index (χ2v) is 27.3. The zero-order valence-corrected chi connectivity index (χ0v) is 60.6. The highest BCUT2D eigenvalue weighted by Gasteiger charge is 2.44. The van der Waals surface area contributed by atoms with Crippen molar-refractivity contribution in [3.8, 4) is 0 Å². The van der Waals surface area contributed by atoms with Crippen LogP contribution in [0.5, 0.6) is 0 Å². The maximum Gasteiger partial charge on any atom is 0.410 e. The number of hydrogen-bond donors (Lipinski definition) is 7. The molecule has 3 aliphatic rings. The molecule has 0 saturated carbocycles. The van der Waals surface area contributed by atoms with E-state index in [4.69, 9.17) is 24.7 Å². The Hall–Kier alpha value is -8.93. The van der Waals surface area contributed by atoms with Crippen LogP contribution in [-0.4, -0.2) is 222 Å². The number of benzene rings is 2. The molecule has 101 heavy (non-hydrogen) atoms. The largest absolute Gasteiger partial charge is 0.445 e. The summed E-state index contributed by atoms with van der Waals surface area (Å²) in [7, 11) is 6.03. The molecule has 3 heterocycles.